The minimum absolute atomic E-state index is 0.0342. The third kappa shape index (κ3) is 6.70. The zero-order valence-corrected chi connectivity index (χ0v) is 22.1. The number of benzene rings is 1. The molecule has 0 aliphatic carbocycles. The molecule has 0 N–H and O–H groups in total. The van der Waals surface area contributed by atoms with Gasteiger partial charge in [-0.2, -0.15) is 0 Å². The molecule has 198 valence electrons. The van der Waals surface area contributed by atoms with Gasteiger partial charge in [-0.3, -0.25) is 29.3 Å². The van der Waals surface area contributed by atoms with E-state index in [1.807, 2.05) is 0 Å². The number of hydrogen-bond acceptors (Lipinski definition) is 8. The number of nitro groups is 1. The first-order valence-electron chi connectivity index (χ1n) is 12.1. The molecule has 2 saturated heterocycles. The number of non-ortho nitro benzene ring substituents is 1. The summed E-state index contributed by atoms with van der Waals surface area (Å²) < 4.78 is 24.5. The van der Waals surface area contributed by atoms with E-state index in [0.717, 1.165) is 5.56 Å². The predicted octanol–water partition coefficient (Wildman–Crippen LogP) is 3.55. The summed E-state index contributed by atoms with van der Waals surface area (Å²) in [5, 5.41) is 13.4. The molecule has 11 nitrogen and oxygen atoms in total. The van der Waals surface area contributed by atoms with E-state index >= 15 is 0 Å². The zero-order chi connectivity index (χ0) is 26.7. The Hall–Kier alpha value is -2.78. The summed E-state index contributed by atoms with van der Waals surface area (Å²) >= 11 is 0. The summed E-state index contributed by atoms with van der Waals surface area (Å²) in [6.07, 6.45) is 1.66. The zero-order valence-electron chi connectivity index (χ0n) is 21.2. The maximum Gasteiger partial charge on any atom is 0.331 e. The second-order valence-corrected chi connectivity index (χ2v) is 13.0. The Kier molecular flexibility index (Phi) is 8.56. The molecule has 12 heteroatoms. The molecule has 0 radical (unpaired) electrons. The first-order chi connectivity index (χ1) is 16.8. The standard InChI is InChI=1S/C24H34N3O8P/c1-24(2,3)35-23(30)20-6-5-14-25-21(28)12-9-18(22(29)26(20)25)16-36(33,34-4)15-13-17-7-10-19(11-8-17)27(31)32/h7-8,10-11,18,20H,5-6,9,12-16H2,1-4H3/t18-,20+,36?/m1/s1. The van der Waals surface area contributed by atoms with Crippen LogP contribution in [0.15, 0.2) is 24.3 Å². The molecule has 3 rings (SSSR count). The molecule has 0 bridgehead atoms. The SMILES string of the molecule is COP(=O)(CCc1ccc([N+](=O)[O-])cc1)C[C@H]1CCC(=O)N2CCC[C@@H](C(=O)OC(C)(C)C)N2C1=O. The van der Waals surface area contributed by atoms with Crippen molar-refractivity contribution < 1.29 is 33.1 Å². The van der Waals surface area contributed by atoms with Crippen molar-refractivity contribution in [1.82, 2.24) is 10.0 Å². The molecular weight excluding hydrogens is 489 g/mol. The van der Waals surface area contributed by atoms with E-state index in [4.69, 9.17) is 9.26 Å². The number of hydrogen-bond donors (Lipinski definition) is 0. The molecule has 2 amide bonds. The molecule has 1 aromatic carbocycles. The molecule has 2 aliphatic rings. The molecule has 36 heavy (non-hydrogen) atoms. The van der Waals surface area contributed by atoms with Gasteiger partial charge >= 0.3 is 5.97 Å². The van der Waals surface area contributed by atoms with Gasteiger partial charge < -0.3 is 9.26 Å². The number of fused-ring (bicyclic) bond motifs is 1. The molecular formula is C24H34N3O8P. The number of carbonyl (C=O) groups is 3. The maximum absolute atomic E-state index is 13.7. The lowest BCUT2D eigenvalue weighted by molar-refractivity contribution is -0.384. The Morgan fingerprint density at radius 2 is 1.86 bits per heavy atom. The number of ether oxygens (including phenoxy) is 1. The number of rotatable bonds is 8. The monoisotopic (exact) mass is 523 g/mol. The van der Waals surface area contributed by atoms with Gasteiger partial charge in [0, 0.05) is 50.4 Å². The van der Waals surface area contributed by atoms with Crippen LogP contribution in [0.3, 0.4) is 0 Å². The van der Waals surface area contributed by atoms with Gasteiger partial charge in [0.05, 0.1) is 4.92 Å². The average molecular weight is 524 g/mol. The molecule has 1 unspecified atom stereocenters. The minimum atomic E-state index is -3.29. The quantitative estimate of drug-likeness (QED) is 0.218. The van der Waals surface area contributed by atoms with Crippen LogP contribution in [0, 0.1) is 16.0 Å². The highest BCUT2D eigenvalue weighted by molar-refractivity contribution is 7.59. The Bertz CT molecular complexity index is 1050. The Balaban J connectivity index is 1.77. The highest BCUT2D eigenvalue weighted by Crippen LogP contribution is 2.49. The highest BCUT2D eigenvalue weighted by Gasteiger charge is 2.46. The Morgan fingerprint density at radius 3 is 2.44 bits per heavy atom. The second kappa shape index (κ2) is 11.1. The van der Waals surface area contributed by atoms with Crippen molar-refractivity contribution in [1.29, 1.82) is 0 Å². The van der Waals surface area contributed by atoms with Gasteiger partial charge in [0.25, 0.3) is 5.69 Å². The smallest absolute Gasteiger partial charge is 0.331 e. The normalized spacial score (nSPS) is 22.4. The summed E-state index contributed by atoms with van der Waals surface area (Å²) in [4.78, 5) is 49.8. The third-order valence-electron chi connectivity index (χ3n) is 6.37. The van der Waals surface area contributed by atoms with E-state index in [1.165, 1.54) is 29.3 Å². The lowest BCUT2D eigenvalue weighted by Gasteiger charge is -2.43. The van der Waals surface area contributed by atoms with E-state index < -0.39 is 41.7 Å². The van der Waals surface area contributed by atoms with Crippen molar-refractivity contribution in [3.05, 3.63) is 39.9 Å². The van der Waals surface area contributed by atoms with Crippen molar-refractivity contribution in [3.63, 3.8) is 0 Å². The van der Waals surface area contributed by atoms with Crippen LogP contribution in [0.1, 0.15) is 52.0 Å². The fraction of sp³-hybridized carbons (Fsp3) is 0.625. The van der Waals surface area contributed by atoms with Crippen molar-refractivity contribution >= 4 is 30.8 Å². The number of carbonyl (C=O) groups excluding carboxylic acids is 3. The van der Waals surface area contributed by atoms with Crippen molar-refractivity contribution in [2.75, 3.05) is 26.0 Å². The van der Waals surface area contributed by atoms with Crippen LogP contribution in [0.2, 0.25) is 0 Å². The fourth-order valence-electron chi connectivity index (χ4n) is 4.52. The van der Waals surface area contributed by atoms with Crippen LogP contribution in [0.25, 0.3) is 0 Å². The summed E-state index contributed by atoms with van der Waals surface area (Å²) in [6, 6.07) is 5.05. The average Bonchev–Trinajstić information content (AvgIpc) is 2.94. The molecule has 0 aromatic heterocycles. The largest absolute Gasteiger partial charge is 0.458 e. The molecule has 1 aromatic rings. The topological polar surface area (TPSA) is 136 Å². The fourth-order valence-corrected chi connectivity index (χ4v) is 6.64. The van der Waals surface area contributed by atoms with Crippen molar-refractivity contribution in [2.45, 2.75) is 64.5 Å². The summed E-state index contributed by atoms with van der Waals surface area (Å²) in [5.41, 5.74) is -0.0261. The lowest BCUT2D eigenvalue weighted by atomic mass is 10.0. The highest BCUT2D eigenvalue weighted by atomic mass is 31.2. The molecule has 3 atom stereocenters. The van der Waals surface area contributed by atoms with E-state index in [1.54, 1.807) is 32.9 Å². The minimum Gasteiger partial charge on any atom is -0.458 e. The number of nitrogens with zero attached hydrogens (tertiary/aromatic N) is 3. The summed E-state index contributed by atoms with van der Waals surface area (Å²) in [6.45, 7) is 5.55. The van der Waals surface area contributed by atoms with E-state index in [-0.39, 0.29) is 36.8 Å². The maximum atomic E-state index is 13.7. The Labute approximate surface area is 210 Å². The Morgan fingerprint density at radius 1 is 1.19 bits per heavy atom. The van der Waals surface area contributed by atoms with Gasteiger partial charge in [-0.15, -0.1) is 0 Å². The molecule has 2 fully saturated rings. The molecule has 2 aliphatic heterocycles. The van der Waals surface area contributed by atoms with E-state index in [9.17, 15) is 29.1 Å². The third-order valence-corrected chi connectivity index (χ3v) is 8.94. The van der Waals surface area contributed by atoms with Crippen LogP contribution < -0.4 is 0 Å². The van der Waals surface area contributed by atoms with Gasteiger partial charge in [-0.25, -0.2) is 9.80 Å². The number of esters is 1. The number of amides is 2. The summed E-state index contributed by atoms with van der Waals surface area (Å²) in [5.74, 6) is -2.01. The van der Waals surface area contributed by atoms with Gasteiger partial charge in [-0.1, -0.05) is 12.1 Å². The van der Waals surface area contributed by atoms with Crippen molar-refractivity contribution in [2.24, 2.45) is 5.92 Å². The second-order valence-electron chi connectivity index (χ2n) is 10.2. The number of hydrazine groups is 1. The molecule has 0 spiro atoms. The molecule has 0 saturated carbocycles. The van der Waals surface area contributed by atoms with Gasteiger partial charge in [0.1, 0.15) is 5.60 Å². The van der Waals surface area contributed by atoms with Crippen molar-refractivity contribution in [3.8, 4) is 0 Å². The summed E-state index contributed by atoms with van der Waals surface area (Å²) in [7, 11) is -1.96. The first kappa shape index (κ1) is 27.8. The molecule has 2 heterocycles. The predicted molar refractivity (Wildman–Crippen MR) is 131 cm³/mol. The van der Waals surface area contributed by atoms with E-state index in [0.29, 0.717) is 25.8 Å². The van der Waals surface area contributed by atoms with Gasteiger partial charge in [-0.05, 0) is 52.0 Å². The number of aryl methyl sites for hydroxylation is 1. The van der Waals surface area contributed by atoms with Gasteiger partial charge in [0.2, 0.25) is 19.2 Å². The van der Waals surface area contributed by atoms with Crippen LogP contribution in [-0.4, -0.2) is 70.3 Å². The number of nitro benzene ring substituents is 1. The van der Waals surface area contributed by atoms with E-state index in [2.05, 4.69) is 0 Å². The van der Waals surface area contributed by atoms with Crippen LogP contribution in [-0.2, 0) is 34.6 Å². The van der Waals surface area contributed by atoms with Gasteiger partial charge in [0.15, 0.2) is 6.04 Å². The van der Waals surface area contributed by atoms with Crippen LogP contribution in [0.4, 0.5) is 5.69 Å². The van der Waals surface area contributed by atoms with Crippen LogP contribution >= 0.6 is 7.37 Å². The van der Waals surface area contributed by atoms with Crippen LogP contribution in [0.5, 0.6) is 0 Å². The lowest BCUT2D eigenvalue weighted by Crippen LogP contribution is -2.61. The first-order valence-corrected chi connectivity index (χ1v) is 14.1.